The predicted octanol–water partition coefficient (Wildman–Crippen LogP) is 3.19. The van der Waals surface area contributed by atoms with Crippen LogP contribution in [0.3, 0.4) is 0 Å². The number of morpholine rings is 1. The van der Waals surface area contributed by atoms with Crippen molar-refractivity contribution in [2.75, 3.05) is 50.0 Å². The topological polar surface area (TPSA) is 89.6 Å². The Morgan fingerprint density at radius 3 is 2.51 bits per heavy atom. The summed E-state index contributed by atoms with van der Waals surface area (Å²) in [7, 11) is 0. The summed E-state index contributed by atoms with van der Waals surface area (Å²) in [6.07, 6.45) is 0.994. The molecular formula is C23H28F4N6O2. The minimum Gasteiger partial charge on any atom is -0.431 e. The molecule has 0 amide bonds. The highest BCUT2D eigenvalue weighted by Gasteiger charge is 2.36. The van der Waals surface area contributed by atoms with Gasteiger partial charge >= 0.3 is 6.61 Å². The normalized spacial score (nSPS) is 27.6. The van der Waals surface area contributed by atoms with Gasteiger partial charge in [0.2, 0.25) is 5.95 Å². The number of nitrogen functional groups attached to an aromatic ring is 1. The fraction of sp³-hybridized carbons (Fsp3) is 0.609. The molecule has 3 aliphatic rings. The van der Waals surface area contributed by atoms with Crippen molar-refractivity contribution in [3.8, 4) is 17.0 Å². The molecule has 0 spiro atoms. The molecule has 1 saturated carbocycles. The molecule has 4 unspecified atom stereocenters. The summed E-state index contributed by atoms with van der Waals surface area (Å²) in [5.74, 6) is -0.0934. The molecular weight excluding hydrogens is 468 g/mol. The molecule has 35 heavy (non-hydrogen) atoms. The number of pyridine rings is 1. The van der Waals surface area contributed by atoms with E-state index in [1.807, 2.05) is 0 Å². The van der Waals surface area contributed by atoms with Crippen LogP contribution in [0, 0.1) is 0 Å². The lowest BCUT2D eigenvalue weighted by atomic mass is 10.0. The van der Waals surface area contributed by atoms with Gasteiger partial charge < -0.3 is 20.1 Å². The van der Waals surface area contributed by atoms with Crippen molar-refractivity contribution in [3.63, 3.8) is 0 Å². The summed E-state index contributed by atoms with van der Waals surface area (Å²) in [6.45, 7) is -0.125. The third kappa shape index (κ3) is 5.27. The number of nitrogens with zero attached hydrogens (tertiary/aromatic N) is 5. The van der Waals surface area contributed by atoms with E-state index in [9.17, 15) is 17.6 Å². The average molecular weight is 497 g/mol. The third-order valence-electron chi connectivity index (χ3n) is 6.98. The van der Waals surface area contributed by atoms with E-state index < -0.39 is 19.0 Å². The Morgan fingerprint density at radius 1 is 1.06 bits per heavy atom. The quantitative estimate of drug-likeness (QED) is 0.610. The Kier molecular flexibility index (Phi) is 6.92. The maximum Gasteiger partial charge on any atom is 0.387 e. The minimum absolute atomic E-state index is 0.131. The first-order chi connectivity index (χ1) is 16.9. The zero-order valence-electron chi connectivity index (χ0n) is 19.1. The lowest BCUT2D eigenvalue weighted by molar-refractivity contribution is -0.0494. The molecule has 2 aromatic heterocycles. The molecule has 190 valence electrons. The van der Waals surface area contributed by atoms with Crippen molar-refractivity contribution in [1.29, 1.82) is 0 Å². The van der Waals surface area contributed by atoms with Crippen LogP contribution in [0.15, 0.2) is 18.3 Å². The van der Waals surface area contributed by atoms with Crippen molar-refractivity contribution < 1.29 is 27.0 Å². The fourth-order valence-electron chi connectivity index (χ4n) is 5.13. The highest BCUT2D eigenvalue weighted by molar-refractivity contribution is 5.65. The van der Waals surface area contributed by atoms with E-state index in [-0.39, 0.29) is 36.5 Å². The second-order valence-electron chi connectivity index (χ2n) is 9.21. The number of ether oxygens (including phenoxy) is 2. The number of rotatable bonds is 6. The molecule has 2 aliphatic heterocycles. The number of alkyl halides is 4. The van der Waals surface area contributed by atoms with E-state index >= 15 is 0 Å². The minimum atomic E-state index is -3.06. The van der Waals surface area contributed by atoms with Crippen LogP contribution in [0.2, 0.25) is 0 Å². The van der Waals surface area contributed by atoms with Gasteiger partial charge in [-0.1, -0.05) is 0 Å². The molecule has 0 aromatic carbocycles. The van der Waals surface area contributed by atoms with Crippen LogP contribution in [0.1, 0.15) is 30.9 Å². The van der Waals surface area contributed by atoms with Gasteiger partial charge in [-0.2, -0.15) is 8.78 Å². The second-order valence-corrected chi connectivity index (χ2v) is 9.21. The monoisotopic (exact) mass is 496 g/mol. The molecule has 2 N–H and O–H groups in total. The van der Waals surface area contributed by atoms with Crippen LogP contribution in [-0.4, -0.2) is 84.2 Å². The van der Waals surface area contributed by atoms with Gasteiger partial charge in [0.1, 0.15) is 0 Å². The molecule has 2 aromatic rings. The molecule has 0 bridgehead atoms. The van der Waals surface area contributed by atoms with E-state index in [0.29, 0.717) is 17.3 Å². The van der Waals surface area contributed by atoms with E-state index in [0.717, 1.165) is 51.3 Å². The Hall–Kier alpha value is -2.73. The Labute approximate surface area is 200 Å². The maximum atomic E-state index is 14.0. The van der Waals surface area contributed by atoms with Crippen molar-refractivity contribution in [2.24, 2.45) is 0 Å². The van der Waals surface area contributed by atoms with Crippen LogP contribution in [0.4, 0.5) is 29.3 Å². The molecule has 8 nitrogen and oxygen atoms in total. The maximum absolute atomic E-state index is 14.0. The first kappa shape index (κ1) is 24.0. The molecule has 4 atom stereocenters. The average Bonchev–Trinajstić information content (AvgIpc) is 3.48. The molecule has 2 saturated heterocycles. The number of hydrogen-bond acceptors (Lipinski definition) is 8. The fourth-order valence-corrected chi connectivity index (χ4v) is 5.13. The summed E-state index contributed by atoms with van der Waals surface area (Å²) in [6, 6.07) is 3.55. The predicted molar refractivity (Wildman–Crippen MR) is 121 cm³/mol. The molecule has 4 heterocycles. The van der Waals surface area contributed by atoms with Crippen LogP contribution in [-0.2, 0) is 4.74 Å². The van der Waals surface area contributed by atoms with Gasteiger partial charge in [-0.05, 0) is 31.4 Å². The van der Waals surface area contributed by atoms with Crippen molar-refractivity contribution in [3.05, 3.63) is 24.0 Å². The highest BCUT2D eigenvalue weighted by Crippen LogP contribution is 2.39. The Bertz CT molecular complexity index is 1030. The van der Waals surface area contributed by atoms with Gasteiger partial charge in [0.25, 0.3) is 0 Å². The molecule has 5 rings (SSSR count). The van der Waals surface area contributed by atoms with Crippen molar-refractivity contribution in [1.82, 2.24) is 19.9 Å². The van der Waals surface area contributed by atoms with Gasteiger partial charge in [0, 0.05) is 42.5 Å². The molecule has 1 aliphatic carbocycles. The first-order valence-corrected chi connectivity index (χ1v) is 11.8. The lowest BCUT2D eigenvalue weighted by Crippen LogP contribution is -2.42. The lowest BCUT2D eigenvalue weighted by Gasteiger charge is -2.32. The van der Waals surface area contributed by atoms with Crippen LogP contribution >= 0.6 is 0 Å². The third-order valence-corrected chi connectivity index (χ3v) is 6.98. The summed E-state index contributed by atoms with van der Waals surface area (Å²) < 4.78 is 63.5. The number of hydrogen-bond donors (Lipinski definition) is 1. The van der Waals surface area contributed by atoms with Crippen LogP contribution in [0.25, 0.3) is 11.3 Å². The zero-order chi connectivity index (χ0) is 24.5. The van der Waals surface area contributed by atoms with E-state index in [4.69, 9.17) is 15.5 Å². The SMILES string of the molecule is Nc1ncc(-c2cc(C3CCC(N4CCOCC4)C3)nc(N3CC(F)C(F)C3)n2)cc1OC(F)F. The Morgan fingerprint density at radius 2 is 1.80 bits per heavy atom. The molecule has 0 radical (unpaired) electrons. The van der Waals surface area contributed by atoms with Crippen molar-refractivity contribution >= 4 is 11.8 Å². The molecule has 3 fully saturated rings. The summed E-state index contributed by atoms with van der Waals surface area (Å²) >= 11 is 0. The smallest absolute Gasteiger partial charge is 0.387 e. The second kappa shape index (κ2) is 10.1. The zero-order valence-corrected chi connectivity index (χ0v) is 19.1. The number of halogens is 4. The van der Waals surface area contributed by atoms with E-state index in [1.54, 1.807) is 6.07 Å². The van der Waals surface area contributed by atoms with Gasteiger partial charge in [-0.15, -0.1) is 0 Å². The van der Waals surface area contributed by atoms with Gasteiger partial charge in [0.15, 0.2) is 23.9 Å². The van der Waals surface area contributed by atoms with E-state index in [1.165, 1.54) is 17.2 Å². The number of anilines is 2. The van der Waals surface area contributed by atoms with E-state index in [2.05, 4.69) is 19.6 Å². The number of nitrogens with two attached hydrogens (primary N) is 1. The van der Waals surface area contributed by atoms with Crippen LogP contribution in [0.5, 0.6) is 5.75 Å². The van der Waals surface area contributed by atoms with Crippen molar-refractivity contribution in [2.45, 2.75) is 50.2 Å². The summed E-state index contributed by atoms with van der Waals surface area (Å²) in [5.41, 5.74) is 7.25. The standard InChI is InChI=1S/C23H28F4N6O2/c24-16-11-33(12-17(16)25)23-30-18(13-1-2-15(7-13)32-3-5-34-6-4-32)9-19(31-23)14-8-20(35-22(26)27)21(28)29-10-14/h8-10,13,15-17,22H,1-7,11-12H2,(H2,28,29). The summed E-state index contributed by atoms with van der Waals surface area (Å²) in [5, 5.41) is 0. The highest BCUT2D eigenvalue weighted by atomic mass is 19.3. The van der Waals surface area contributed by atoms with Gasteiger partial charge in [0.05, 0.1) is 32.0 Å². The van der Waals surface area contributed by atoms with Gasteiger partial charge in [-0.25, -0.2) is 23.7 Å². The largest absolute Gasteiger partial charge is 0.431 e. The van der Waals surface area contributed by atoms with Crippen LogP contribution < -0.4 is 15.4 Å². The first-order valence-electron chi connectivity index (χ1n) is 11.8. The number of aromatic nitrogens is 3. The Balaban J connectivity index is 1.47. The van der Waals surface area contributed by atoms with Gasteiger partial charge in [-0.3, -0.25) is 4.90 Å². The molecule has 12 heteroatoms. The summed E-state index contributed by atoms with van der Waals surface area (Å²) in [4.78, 5) is 17.1.